The molecular weight excluding hydrogens is 270 g/mol. The number of nitrogens with one attached hydrogen (secondary N) is 1. The molecule has 21 heavy (non-hydrogen) atoms. The van der Waals surface area contributed by atoms with Crippen molar-refractivity contribution in [3.05, 3.63) is 29.5 Å². The number of ether oxygens (including phenoxy) is 1. The molecule has 1 aromatic heterocycles. The van der Waals surface area contributed by atoms with E-state index in [0.29, 0.717) is 17.2 Å². The van der Waals surface area contributed by atoms with Crippen molar-refractivity contribution in [3.8, 4) is 17.0 Å². The number of H-pyrrole nitrogens is 1. The second kappa shape index (κ2) is 6.39. The number of benzene rings is 1. The molecule has 6 nitrogen and oxygen atoms in total. The highest BCUT2D eigenvalue weighted by atomic mass is 16.5. The maximum atomic E-state index is 11.9. The molecule has 1 aromatic carbocycles. The molecule has 0 saturated heterocycles. The molecule has 0 saturated carbocycles. The van der Waals surface area contributed by atoms with Crippen LogP contribution in [-0.4, -0.2) is 33.1 Å². The molecule has 1 unspecified atom stereocenters. The van der Waals surface area contributed by atoms with Crippen molar-refractivity contribution >= 4 is 5.97 Å². The molecule has 0 aliphatic heterocycles. The summed E-state index contributed by atoms with van der Waals surface area (Å²) in [5, 5.41) is 20.3. The van der Waals surface area contributed by atoms with E-state index < -0.39 is 5.97 Å². The van der Waals surface area contributed by atoms with Crippen LogP contribution in [0, 0.1) is 0 Å². The Kier molecular flexibility index (Phi) is 4.57. The van der Waals surface area contributed by atoms with E-state index in [1.807, 2.05) is 12.1 Å². The highest BCUT2D eigenvalue weighted by Gasteiger charge is 2.22. The van der Waals surface area contributed by atoms with E-state index >= 15 is 0 Å². The largest absolute Gasteiger partial charge is 0.507 e. The van der Waals surface area contributed by atoms with Crippen molar-refractivity contribution in [2.75, 3.05) is 6.61 Å². The normalized spacial score (nSPS) is 12.1. The number of carbonyl (C=O) groups excluding carboxylic acids is 1. The molecule has 0 fully saturated rings. The number of carbonyl (C=O) groups is 1. The quantitative estimate of drug-likeness (QED) is 0.826. The maximum Gasteiger partial charge on any atom is 0.361 e. The van der Waals surface area contributed by atoms with Gasteiger partial charge >= 0.3 is 5.97 Å². The Balaban J connectivity index is 2.47. The Morgan fingerprint density at radius 3 is 2.81 bits per heavy atom. The number of aromatic nitrogens is 3. The fraction of sp³-hybridized carbons (Fsp3) is 0.400. The van der Waals surface area contributed by atoms with Gasteiger partial charge in [-0.2, -0.15) is 10.3 Å². The number of hydrogen-bond acceptors (Lipinski definition) is 5. The Morgan fingerprint density at radius 2 is 2.14 bits per heavy atom. The average Bonchev–Trinajstić information content (AvgIpc) is 2.96. The lowest BCUT2D eigenvalue weighted by Gasteiger charge is -2.11. The smallest absolute Gasteiger partial charge is 0.361 e. The van der Waals surface area contributed by atoms with Crippen LogP contribution in [0.2, 0.25) is 0 Å². The second-order valence-electron chi connectivity index (χ2n) is 4.83. The van der Waals surface area contributed by atoms with Crippen molar-refractivity contribution in [2.45, 2.75) is 33.1 Å². The average molecular weight is 289 g/mol. The molecule has 6 heteroatoms. The SMILES string of the molecule is CCOC(=O)c1n[nH]nc1-c1cc(C(C)CC)ccc1O. The highest BCUT2D eigenvalue weighted by Crippen LogP contribution is 2.33. The number of nitrogens with zero attached hydrogens (tertiary/aromatic N) is 2. The molecule has 1 atom stereocenters. The predicted octanol–water partition coefficient (Wildman–Crippen LogP) is 2.87. The summed E-state index contributed by atoms with van der Waals surface area (Å²) in [4.78, 5) is 11.9. The lowest BCUT2D eigenvalue weighted by Crippen LogP contribution is -2.07. The lowest BCUT2D eigenvalue weighted by molar-refractivity contribution is 0.0520. The van der Waals surface area contributed by atoms with E-state index in [2.05, 4.69) is 29.3 Å². The first-order valence-corrected chi connectivity index (χ1v) is 6.99. The van der Waals surface area contributed by atoms with Crippen LogP contribution < -0.4 is 0 Å². The van der Waals surface area contributed by atoms with Crippen LogP contribution in [0.4, 0.5) is 0 Å². The van der Waals surface area contributed by atoms with Gasteiger partial charge in [-0.3, -0.25) is 0 Å². The van der Waals surface area contributed by atoms with Crippen LogP contribution in [-0.2, 0) is 4.74 Å². The molecule has 0 spiro atoms. The molecule has 2 aromatic rings. The first-order valence-electron chi connectivity index (χ1n) is 6.99. The third-order valence-corrected chi connectivity index (χ3v) is 3.47. The molecule has 0 aliphatic carbocycles. The molecule has 0 bridgehead atoms. The Labute approximate surface area is 123 Å². The van der Waals surface area contributed by atoms with Gasteiger partial charge < -0.3 is 9.84 Å². The third-order valence-electron chi connectivity index (χ3n) is 3.47. The number of aromatic hydroxyl groups is 1. The van der Waals surface area contributed by atoms with Crippen molar-refractivity contribution in [1.82, 2.24) is 15.4 Å². The number of hydrogen-bond donors (Lipinski definition) is 2. The van der Waals surface area contributed by atoms with Gasteiger partial charge in [-0.05, 0) is 37.0 Å². The molecule has 2 N–H and O–H groups in total. The van der Waals surface area contributed by atoms with E-state index in [9.17, 15) is 9.90 Å². The van der Waals surface area contributed by atoms with Crippen LogP contribution in [0.25, 0.3) is 11.3 Å². The summed E-state index contributed by atoms with van der Waals surface area (Å²) in [6.07, 6.45) is 0.980. The summed E-state index contributed by atoms with van der Waals surface area (Å²) in [7, 11) is 0. The third kappa shape index (κ3) is 3.04. The molecular formula is C15H19N3O3. The Morgan fingerprint density at radius 1 is 1.38 bits per heavy atom. The van der Waals surface area contributed by atoms with Crippen LogP contribution in [0.15, 0.2) is 18.2 Å². The van der Waals surface area contributed by atoms with Gasteiger partial charge in [-0.1, -0.05) is 19.9 Å². The Bertz CT molecular complexity index is 637. The Hall–Kier alpha value is -2.37. The lowest BCUT2D eigenvalue weighted by atomic mass is 9.95. The van der Waals surface area contributed by atoms with Crippen LogP contribution in [0.3, 0.4) is 0 Å². The van der Waals surface area contributed by atoms with Gasteiger partial charge in [-0.15, -0.1) is 5.10 Å². The fourth-order valence-electron chi connectivity index (χ4n) is 2.05. The molecule has 1 heterocycles. The first kappa shape index (κ1) is 15.0. The van der Waals surface area contributed by atoms with Gasteiger partial charge in [0.2, 0.25) is 0 Å². The minimum Gasteiger partial charge on any atom is -0.507 e. The van der Waals surface area contributed by atoms with E-state index in [4.69, 9.17) is 4.74 Å². The van der Waals surface area contributed by atoms with Gasteiger partial charge in [0.15, 0.2) is 5.69 Å². The predicted molar refractivity (Wildman–Crippen MR) is 78.1 cm³/mol. The topological polar surface area (TPSA) is 88.1 Å². The number of phenols is 1. The van der Waals surface area contributed by atoms with Gasteiger partial charge in [0.1, 0.15) is 11.4 Å². The monoisotopic (exact) mass is 289 g/mol. The van der Waals surface area contributed by atoms with E-state index in [1.54, 1.807) is 13.0 Å². The highest BCUT2D eigenvalue weighted by molar-refractivity contribution is 5.94. The minimum absolute atomic E-state index is 0.0569. The van der Waals surface area contributed by atoms with Gasteiger partial charge in [0, 0.05) is 5.56 Å². The van der Waals surface area contributed by atoms with Crippen molar-refractivity contribution < 1.29 is 14.6 Å². The van der Waals surface area contributed by atoms with Crippen LogP contribution >= 0.6 is 0 Å². The van der Waals surface area contributed by atoms with Crippen LogP contribution in [0.1, 0.15) is 49.2 Å². The summed E-state index contributed by atoms with van der Waals surface area (Å²) in [5.41, 5.74) is 1.93. The summed E-state index contributed by atoms with van der Waals surface area (Å²) >= 11 is 0. The standard InChI is InChI=1S/C15H19N3O3/c1-4-9(3)10-6-7-12(19)11(8-10)13-14(17-18-16-13)15(20)21-5-2/h6-9,19H,4-5H2,1-3H3,(H,16,17,18). The fourth-order valence-corrected chi connectivity index (χ4v) is 2.05. The van der Waals surface area contributed by atoms with Gasteiger partial charge in [0.25, 0.3) is 0 Å². The molecule has 112 valence electrons. The van der Waals surface area contributed by atoms with Crippen molar-refractivity contribution in [2.24, 2.45) is 0 Å². The molecule has 0 aliphatic rings. The number of aromatic amines is 1. The van der Waals surface area contributed by atoms with Crippen LogP contribution in [0.5, 0.6) is 5.75 Å². The second-order valence-corrected chi connectivity index (χ2v) is 4.83. The zero-order chi connectivity index (χ0) is 15.4. The first-order chi connectivity index (χ1) is 10.1. The van der Waals surface area contributed by atoms with Gasteiger partial charge in [-0.25, -0.2) is 4.79 Å². The van der Waals surface area contributed by atoms with E-state index in [1.165, 1.54) is 0 Å². The van der Waals surface area contributed by atoms with Crippen molar-refractivity contribution in [1.29, 1.82) is 0 Å². The summed E-state index contributed by atoms with van der Waals surface area (Å²) in [6, 6.07) is 5.32. The summed E-state index contributed by atoms with van der Waals surface area (Å²) in [5.74, 6) is -0.154. The molecule has 2 rings (SSSR count). The van der Waals surface area contributed by atoms with E-state index in [-0.39, 0.29) is 18.1 Å². The maximum absolute atomic E-state index is 11.9. The number of phenolic OH excluding ortho intramolecular Hbond substituents is 1. The summed E-state index contributed by atoms with van der Waals surface area (Å²) < 4.78 is 4.94. The minimum atomic E-state index is -0.561. The summed E-state index contributed by atoms with van der Waals surface area (Å²) in [6.45, 7) is 6.17. The number of rotatable bonds is 5. The zero-order valence-corrected chi connectivity index (χ0v) is 12.4. The van der Waals surface area contributed by atoms with Gasteiger partial charge in [0.05, 0.1) is 6.61 Å². The zero-order valence-electron chi connectivity index (χ0n) is 12.4. The molecule has 0 radical (unpaired) electrons. The number of esters is 1. The van der Waals surface area contributed by atoms with Crippen molar-refractivity contribution in [3.63, 3.8) is 0 Å². The molecule has 0 amide bonds. The van der Waals surface area contributed by atoms with E-state index in [0.717, 1.165) is 12.0 Å².